The van der Waals surface area contributed by atoms with Crippen molar-refractivity contribution < 1.29 is 18.9 Å². The van der Waals surface area contributed by atoms with E-state index in [2.05, 4.69) is 13.0 Å². The molecule has 0 amide bonds. The first kappa shape index (κ1) is 13.1. The molecule has 0 radical (unpaired) electrons. The molecule has 0 N–H and O–H groups in total. The summed E-state index contributed by atoms with van der Waals surface area (Å²) in [4.78, 5) is 0. The molecule has 0 spiro atoms. The molecule has 0 saturated carbocycles. The van der Waals surface area contributed by atoms with Crippen LogP contribution in [0.5, 0.6) is 5.75 Å². The molecule has 4 nitrogen and oxygen atoms in total. The molecule has 0 aromatic heterocycles. The van der Waals surface area contributed by atoms with Crippen molar-refractivity contribution in [2.45, 2.75) is 12.9 Å². The number of ether oxygens (including phenoxy) is 4. The first-order chi connectivity index (χ1) is 10.1. The van der Waals surface area contributed by atoms with Gasteiger partial charge in [0.05, 0.1) is 26.9 Å². The van der Waals surface area contributed by atoms with Crippen LogP contribution in [0.15, 0.2) is 36.4 Å². The van der Waals surface area contributed by atoms with Crippen LogP contribution in [0.2, 0.25) is 0 Å². The van der Waals surface area contributed by atoms with Gasteiger partial charge in [-0.2, -0.15) is 0 Å². The van der Waals surface area contributed by atoms with Crippen molar-refractivity contribution in [1.29, 1.82) is 0 Å². The average Bonchev–Trinajstić information content (AvgIpc) is 2.55. The molecule has 21 heavy (non-hydrogen) atoms. The molecule has 3 aliphatic rings. The highest BCUT2D eigenvalue weighted by Gasteiger charge is 2.51. The van der Waals surface area contributed by atoms with E-state index < -0.39 is 5.97 Å². The molecule has 3 heterocycles. The van der Waals surface area contributed by atoms with E-state index in [0.29, 0.717) is 19.8 Å². The molecule has 2 aromatic rings. The lowest BCUT2D eigenvalue weighted by atomic mass is 9.91. The smallest absolute Gasteiger partial charge is 0.312 e. The summed E-state index contributed by atoms with van der Waals surface area (Å²) >= 11 is 0. The minimum Gasteiger partial charge on any atom is -0.497 e. The summed E-state index contributed by atoms with van der Waals surface area (Å²) in [7, 11) is 1.67. The first-order valence-electron chi connectivity index (χ1n) is 7.13. The lowest BCUT2D eigenvalue weighted by Gasteiger charge is -2.50. The second-order valence-electron chi connectivity index (χ2n) is 6.16. The van der Waals surface area contributed by atoms with E-state index in [4.69, 9.17) is 18.9 Å². The molecule has 0 atom stereocenters. The predicted octanol–water partition coefficient (Wildman–Crippen LogP) is 3.04. The van der Waals surface area contributed by atoms with Crippen LogP contribution in [0.3, 0.4) is 0 Å². The van der Waals surface area contributed by atoms with Crippen molar-refractivity contribution >= 4 is 10.8 Å². The van der Waals surface area contributed by atoms with Gasteiger partial charge < -0.3 is 18.9 Å². The number of hydrogen-bond acceptors (Lipinski definition) is 4. The Bertz CT molecular complexity index is 670. The maximum absolute atomic E-state index is 5.88. The molecule has 2 bridgehead atoms. The fraction of sp³-hybridized carbons (Fsp3) is 0.412. The largest absolute Gasteiger partial charge is 0.497 e. The van der Waals surface area contributed by atoms with Crippen molar-refractivity contribution in [2.75, 3.05) is 26.9 Å². The zero-order valence-corrected chi connectivity index (χ0v) is 12.2. The average molecular weight is 286 g/mol. The van der Waals surface area contributed by atoms with Gasteiger partial charge in [0, 0.05) is 11.0 Å². The SMILES string of the molecule is COc1ccc2cc(C34OCC(C)(CO3)CO4)ccc2c1. The minimum absolute atomic E-state index is 0.0219. The van der Waals surface area contributed by atoms with Gasteiger partial charge in [-0.1, -0.05) is 25.1 Å². The third-order valence-corrected chi connectivity index (χ3v) is 4.23. The van der Waals surface area contributed by atoms with E-state index in [-0.39, 0.29) is 5.41 Å². The number of fused-ring (bicyclic) bond motifs is 4. The standard InChI is InChI=1S/C17H18O4/c1-16-9-19-17(20-10-16,21-11-16)14-5-3-13-8-15(18-2)6-4-12(13)7-14/h3-8H,9-11H2,1-2H3. The molecule has 0 unspecified atom stereocenters. The fourth-order valence-electron chi connectivity index (χ4n) is 2.85. The Morgan fingerprint density at radius 3 is 2.19 bits per heavy atom. The normalized spacial score (nSPS) is 31.5. The van der Waals surface area contributed by atoms with Crippen molar-refractivity contribution in [2.24, 2.45) is 5.41 Å². The summed E-state index contributed by atoms with van der Waals surface area (Å²) in [5, 5.41) is 2.23. The minimum atomic E-state index is -1.04. The summed E-state index contributed by atoms with van der Waals surface area (Å²) in [6, 6.07) is 12.1. The molecular weight excluding hydrogens is 268 g/mol. The second-order valence-corrected chi connectivity index (χ2v) is 6.16. The van der Waals surface area contributed by atoms with Crippen LogP contribution in [0.4, 0.5) is 0 Å². The lowest BCUT2D eigenvalue weighted by molar-refractivity contribution is -0.477. The monoisotopic (exact) mass is 286 g/mol. The number of methoxy groups -OCH3 is 1. The molecular formula is C17H18O4. The number of rotatable bonds is 2. The Labute approximate surface area is 123 Å². The van der Waals surface area contributed by atoms with Crippen LogP contribution in [-0.2, 0) is 20.2 Å². The molecule has 110 valence electrons. The van der Waals surface area contributed by atoms with E-state index in [1.807, 2.05) is 30.3 Å². The fourth-order valence-corrected chi connectivity index (χ4v) is 2.85. The van der Waals surface area contributed by atoms with E-state index in [1.165, 1.54) is 0 Å². The van der Waals surface area contributed by atoms with Crippen molar-refractivity contribution in [3.05, 3.63) is 42.0 Å². The van der Waals surface area contributed by atoms with Gasteiger partial charge in [-0.15, -0.1) is 0 Å². The summed E-state index contributed by atoms with van der Waals surface area (Å²) in [5.74, 6) is -0.186. The van der Waals surface area contributed by atoms with Gasteiger partial charge in [0.1, 0.15) is 5.75 Å². The van der Waals surface area contributed by atoms with Crippen LogP contribution in [0.1, 0.15) is 12.5 Å². The highest BCUT2D eigenvalue weighted by Crippen LogP contribution is 2.44. The zero-order chi connectivity index (χ0) is 14.5. The van der Waals surface area contributed by atoms with Gasteiger partial charge >= 0.3 is 5.97 Å². The number of benzene rings is 2. The summed E-state index contributed by atoms with van der Waals surface area (Å²) < 4.78 is 22.9. The van der Waals surface area contributed by atoms with Crippen LogP contribution >= 0.6 is 0 Å². The van der Waals surface area contributed by atoms with E-state index >= 15 is 0 Å². The van der Waals surface area contributed by atoms with Gasteiger partial charge in [-0.3, -0.25) is 0 Å². The predicted molar refractivity (Wildman–Crippen MR) is 78.1 cm³/mol. The van der Waals surface area contributed by atoms with Crippen LogP contribution < -0.4 is 4.74 Å². The molecule has 5 rings (SSSR count). The highest BCUT2D eigenvalue weighted by molar-refractivity contribution is 5.84. The van der Waals surface area contributed by atoms with E-state index in [1.54, 1.807) is 7.11 Å². The van der Waals surface area contributed by atoms with Crippen molar-refractivity contribution in [3.8, 4) is 5.75 Å². The quantitative estimate of drug-likeness (QED) is 0.850. The maximum Gasteiger partial charge on any atom is 0.312 e. The Morgan fingerprint density at radius 2 is 1.52 bits per heavy atom. The number of hydrogen-bond donors (Lipinski definition) is 0. The Hall–Kier alpha value is -1.62. The van der Waals surface area contributed by atoms with Gasteiger partial charge in [-0.25, -0.2) is 0 Å². The molecule has 4 heteroatoms. The molecule has 3 aliphatic heterocycles. The highest BCUT2D eigenvalue weighted by atomic mass is 16.9. The summed E-state index contributed by atoms with van der Waals surface area (Å²) in [5.41, 5.74) is 0.883. The van der Waals surface area contributed by atoms with Gasteiger partial charge in [0.15, 0.2) is 0 Å². The topological polar surface area (TPSA) is 36.9 Å². The molecule has 2 aromatic carbocycles. The Balaban J connectivity index is 1.74. The summed E-state index contributed by atoms with van der Waals surface area (Å²) in [6.45, 7) is 4.09. The maximum atomic E-state index is 5.88. The zero-order valence-electron chi connectivity index (χ0n) is 12.2. The van der Waals surface area contributed by atoms with Gasteiger partial charge in [0.25, 0.3) is 0 Å². The first-order valence-corrected chi connectivity index (χ1v) is 7.13. The molecule has 3 fully saturated rings. The van der Waals surface area contributed by atoms with E-state index in [0.717, 1.165) is 22.1 Å². The van der Waals surface area contributed by atoms with Crippen LogP contribution in [0.25, 0.3) is 10.8 Å². The summed E-state index contributed by atoms with van der Waals surface area (Å²) in [6.07, 6.45) is 0. The lowest BCUT2D eigenvalue weighted by Crippen LogP contribution is -2.57. The third kappa shape index (κ3) is 2.02. The van der Waals surface area contributed by atoms with Crippen LogP contribution in [-0.4, -0.2) is 26.9 Å². The second kappa shape index (κ2) is 4.44. The third-order valence-electron chi connectivity index (χ3n) is 4.23. The van der Waals surface area contributed by atoms with E-state index in [9.17, 15) is 0 Å². The Morgan fingerprint density at radius 1 is 0.905 bits per heavy atom. The van der Waals surface area contributed by atoms with Crippen molar-refractivity contribution in [1.82, 2.24) is 0 Å². The van der Waals surface area contributed by atoms with Gasteiger partial charge in [-0.05, 0) is 29.0 Å². The molecule has 3 saturated heterocycles. The van der Waals surface area contributed by atoms with Crippen LogP contribution in [0, 0.1) is 5.41 Å². The Kier molecular flexibility index (Phi) is 2.76. The van der Waals surface area contributed by atoms with Crippen molar-refractivity contribution in [3.63, 3.8) is 0 Å². The molecule has 0 aliphatic carbocycles. The van der Waals surface area contributed by atoms with Gasteiger partial charge in [0.2, 0.25) is 0 Å².